The summed E-state index contributed by atoms with van der Waals surface area (Å²) in [5.74, 6) is -0.254. The molecule has 6 nitrogen and oxygen atoms in total. The van der Waals surface area contributed by atoms with Gasteiger partial charge in [-0.15, -0.1) is 11.3 Å². The van der Waals surface area contributed by atoms with Crippen LogP contribution in [-0.4, -0.2) is 29.6 Å². The first kappa shape index (κ1) is 16.7. The number of hydrogen-bond donors (Lipinski definition) is 2. The van der Waals surface area contributed by atoms with E-state index in [1.165, 1.54) is 0 Å². The lowest BCUT2D eigenvalue weighted by molar-refractivity contribution is -0.147. The summed E-state index contributed by atoms with van der Waals surface area (Å²) in [6, 6.07) is 7.71. The summed E-state index contributed by atoms with van der Waals surface area (Å²) in [4.78, 5) is 28.2. The van der Waals surface area contributed by atoms with E-state index >= 15 is 0 Å². The van der Waals surface area contributed by atoms with Crippen molar-refractivity contribution in [3.8, 4) is 0 Å². The van der Waals surface area contributed by atoms with Gasteiger partial charge in [0.2, 0.25) is 0 Å². The van der Waals surface area contributed by atoms with Gasteiger partial charge >= 0.3 is 12.0 Å². The third-order valence-electron chi connectivity index (χ3n) is 4.13. The first-order valence-corrected chi connectivity index (χ1v) is 9.02. The number of aromatic nitrogens is 1. The Balaban J connectivity index is 1.45. The van der Waals surface area contributed by atoms with Crippen LogP contribution in [0.25, 0.3) is 10.2 Å². The van der Waals surface area contributed by atoms with Gasteiger partial charge in [0.15, 0.2) is 0 Å². The first-order valence-electron chi connectivity index (χ1n) is 8.21. The number of hydrogen-bond acceptors (Lipinski definition) is 5. The quantitative estimate of drug-likeness (QED) is 0.815. The van der Waals surface area contributed by atoms with Gasteiger partial charge < -0.3 is 15.4 Å². The van der Waals surface area contributed by atoms with Gasteiger partial charge in [0, 0.05) is 6.04 Å². The van der Waals surface area contributed by atoms with E-state index < -0.39 is 0 Å². The summed E-state index contributed by atoms with van der Waals surface area (Å²) in [5, 5.41) is 6.64. The Hall–Kier alpha value is -2.15. The highest BCUT2D eigenvalue weighted by Gasteiger charge is 2.31. The Labute approximate surface area is 144 Å². The Bertz CT molecular complexity index is 698. The minimum atomic E-state index is -0.219. The molecular weight excluding hydrogens is 326 g/mol. The highest BCUT2D eigenvalue weighted by atomic mass is 32.1. The maximum Gasteiger partial charge on any atom is 0.315 e. The lowest BCUT2D eigenvalue weighted by Gasteiger charge is -2.13. The number of amides is 2. The summed E-state index contributed by atoms with van der Waals surface area (Å²) in [5.41, 5.74) is 0.952. The van der Waals surface area contributed by atoms with Gasteiger partial charge in [-0.25, -0.2) is 9.78 Å². The molecule has 7 heteroatoms. The van der Waals surface area contributed by atoms with Crippen molar-refractivity contribution in [2.75, 3.05) is 6.61 Å². The molecule has 0 bridgehead atoms. The first-order chi connectivity index (χ1) is 11.7. The topological polar surface area (TPSA) is 80.3 Å². The van der Waals surface area contributed by atoms with Gasteiger partial charge in [-0.1, -0.05) is 12.1 Å². The average Bonchev–Trinajstić information content (AvgIpc) is 3.19. The molecule has 0 aliphatic heterocycles. The summed E-state index contributed by atoms with van der Waals surface area (Å²) < 4.78 is 6.15. The number of benzene rings is 1. The molecule has 3 rings (SSSR count). The highest BCUT2D eigenvalue weighted by molar-refractivity contribution is 7.18. The van der Waals surface area contributed by atoms with Crippen molar-refractivity contribution >= 4 is 33.6 Å². The Kier molecular flexibility index (Phi) is 5.30. The van der Waals surface area contributed by atoms with E-state index in [0.717, 1.165) is 28.1 Å². The van der Waals surface area contributed by atoms with Crippen LogP contribution in [0.2, 0.25) is 0 Å². The minimum absolute atomic E-state index is 0.0229. The molecule has 0 spiro atoms. The second-order valence-corrected chi connectivity index (χ2v) is 6.98. The van der Waals surface area contributed by atoms with Gasteiger partial charge in [0.05, 0.1) is 29.3 Å². The third kappa shape index (κ3) is 4.03. The zero-order valence-electron chi connectivity index (χ0n) is 13.6. The number of fused-ring (bicyclic) bond motifs is 1. The number of nitrogens with zero attached hydrogens (tertiary/aromatic N) is 1. The average molecular weight is 347 g/mol. The van der Waals surface area contributed by atoms with Crippen molar-refractivity contribution in [1.29, 1.82) is 0 Å². The molecule has 1 aromatic heterocycles. The number of thiazole rings is 1. The maximum absolute atomic E-state index is 12.0. The van der Waals surface area contributed by atoms with Crippen molar-refractivity contribution in [1.82, 2.24) is 15.6 Å². The molecule has 24 heavy (non-hydrogen) atoms. The van der Waals surface area contributed by atoms with Gasteiger partial charge in [-0.3, -0.25) is 4.79 Å². The molecule has 1 saturated carbocycles. The number of para-hydroxylation sites is 1. The molecule has 0 unspecified atom stereocenters. The normalized spacial score (nSPS) is 20.0. The van der Waals surface area contributed by atoms with Gasteiger partial charge in [0.1, 0.15) is 5.01 Å². The van der Waals surface area contributed by atoms with E-state index in [1.807, 2.05) is 24.3 Å². The van der Waals surface area contributed by atoms with Crippen LogP contribution in [0.1, 0.15) is 31.2 Å². The number of carbonyl (C=O) groups excluding carboxylic acids is 2. The molecule has 2 atom stereocenters. The Morgan fingerprint density at radius 2 is 2.17 bits per heavy atom. The van der Waals surface area contributed by atoms with Crippen molar-refractivity contribution in [3.05, 3.63) is 29.3 Å². The SMILES string of the molecule is CCOC(=O)[C@@H]1CC[C@H](NC(=O)NCc2nc3ccccc3s2)C1. The maximum atomic E-state index is 12.0. The molecule has 2 aromatic rings. The number of rotatable bonds is 5. The van der Waals surface area contributed by atoms with Crippen LogP contribution in [0.4, 0.5) is 4.79 Å². The summed E-state index contributed by atoms with van der Waals surface area (Å²) in [7, 11) is 0. The van der Waals surface area contributed by atoms with Crippen LogP contribution in [-0.2, 0) is 16.1 Å². The molecule has 128 valence electrons. The van der Waals surface area contributed by atoms with Crippen LogP contribution >= 0.6 is 11.3 Å². The minimum Gasteiger partial charge on any atom is -0.466 e. The fraction of sp³-hybridized carbons (Fsp3) is 0.471. The summed E-state index contributed by atoms with van der Waals surface area (Å²) >= 11 is 1.58. The Morgan fingerprint density at radius 1 is 1.33 bits per heavy atom. The number of urea groups is 1. The van der Waals surface area contributed by atoms with Crippen LogP contribution in [0.15, 0.2) is 24.3 Å². The summed E-state index contributed by atoms with van der Waals surface area (Å²) in [6.07, 6.45) is 2.22. The van der Waals surface area contributed by atoms with E-state index in [0.29, 0.717) is 19.6 Å². The lowest BCUT2D eigenvalue weighted by atomic mass is 10.1. The van der Waals surface area contributed by atoms with E-state index in [9.17, 15) is 9.59 Å². The molecule has 1 aliphatic carbocycles. The molecule has 1 heterocycles. The van der Waals surface area contributed by atoms with Gasteiger partial charge in [-0.2, -0.15) is 0 Å². The van der Waals surface area contributed by atoms with Crippen LogP contribution < -0.4 is 10.6 Å². The van der Waals surface area contributed by atoms with E-state index in [-0.39, 0.29) is 24.0 Å². The van der Waals surface area contributed by atoms with E-state index in [1.54, 1.807) is 18.3 Å². The van der Waals surface area contributed by atoms with Crippen LogP contribution in [0.3, 0.4) is 0 Å². The van der Waals surface area contributed by atoms with Gasteiger partial charge in [0.25, 0.3) is 0 Å². The molecule has 1 fully saturated rings. The number of esters is 1. The smallest absolute Gasteiger partial charge is 0.315 e. The zero-order valence-corrected chi connectivity index (χ0v) is 14.4. The highest BCUT2D eigenvalue weighted by Crippen LogP contribution is 2.26. The van der Waals surface area contributed by atoms with E-state index in [2.05, 4.69) is 15.6 Å². The van der Waals surface area contributed by atoms with Crippen molar-refractivity contribution in [2.45, 2.75) is 38.8 Å². The summed E-state index contributed by atoms with van der Waals surface area (Å²) in [6.45, 7) is 2.60. The van der Waals surface area contributed by atoms with Crippen LogP contribution in [0.5, 0.6) is 0 Å². The fourth-order valence-electron chi connectivity index (χ4n) is 2.97. The predicted molar refractivity (Wildman–Crippen MR) is 92.8 cm³/mol. The third-order valence-corrected chi connectivity index (χ3v) is 5.16. The predicted octanol–water partition coefficient (Wildman–Crippen LogP) is 2.83. The van der Waals surface area contributed by atoms with Crippen LogP contribution in [0, 0.1) is 5.92 Å². The Morgan fingerprint density at radius 3 is 2.96 bits per heavy atom. The molecular formula is C17H21N3O3S. The second kappa shape index (κ2) is 7.61. The van der Waals surface area contributed by atoms with Crippen molar-refractivity contribution < 1.29 is 14.3 Å². The van der Waals surface area contributed by atoms with Gasteiger partial charge in [-0.05, 0) is 38.3 Å². The molecule has 2 N–H and O–H groups in total. The van der Waals surface area contributed by atoms with Crippen molar-refractivity contribution in [3.63, 3.8) is 0 Å². The molecule has 0 radical (unpaired) electrons. The molecule has 0 saturated heterocycles. The fourth-order valence-corrected chi connectivity index (χ4v) is 3.88. The number of nitrogens with one attached hydrogen (secondary N) is 2. The van der Waals surface area contributed by atoms with Crippen molar-refractivity contribution in [2.24, 2.45) is 5.92 Å². The molecule has 1 aliphatic rings. The standard InChI is InChI=1S/C17H21N3O3S/c1-2-23-16(21)11-7-8-12(9-11)19-17(22)18-10-15-20-13-5-3-4-6-14(13)24-15/h3-6,11-12H,2,7-10H2,1H3,(H2,18,19,22)/t11-,12+/m1/s1. The molecule has 2 amide bonds. The lowest BCUT2D eigenvalue weighted by Crippen LogP contribution is -2.40. The monoisotopic (exact) mass is 347 g/mol. The number of carbonyl (C=O) groups is 2. The van der Waals surface area contributed by atoms with E-state index in [4.69, 9.17) is 4.74 Å². The zero-order chi connectivity index (χ0) is 16.9. The largest absolute Gasteiger partial charge is 0.466 e. The second-order valence-electron chi connectivity index (χ2n) is 5.86. The molecule has 1 aromatic carbocycles. The number of ether oxygens (including phenoxy) is 1.